The molecule has 0 aliphatic carbocycles. The lowest BCUT2D eigenvalue weighted by Crippen LogP contribution is -2.42. The molecule has 2 aromatic rings. The first-order valence-corrected chi connectivity index (χ1v) is 10.4. The van der Waals surface area contributed by atoms with E-state index in [1.165, 1.54) is 6.21 Å². The zero-order valence-corrected chi connectivity index (χ0v) is 17.9. The van der Waals surface area contributed by atoms with Crippen LogP contribution >= 0.6 is 0 Å². The van der Waals surface area contributed by atoms with Gasteiger partial charge in [0.25, 0.3) is 5.91 Å². The topological polar surface area (TPSA) is 109 Å². The molecule has 0 atom stereocenters. The van der Waals surface area contributed by atoms with E-state index in [-0.39, 0.29) is 12.5 Å². The van der Waals surface area contributed by atoms with E-state index in [1.807, 2.05) is 19.1 Å². The smallest absolute Gasteiger partial charge is 0.329 e. The summed E-state index contributed by atoms with van der Waals surface area (Å²) >= 11 is 0. The number of benzene rings is 2. The van der Waals surface area contributed by atoms with Crippen LogP contribution in [0.4, 0.5) is 5.69 Å². The van der Waals surface area contributed by atoms with E-state index >= 15 is 0 Å². The van der Waals surface area contributed by atoms with Crippen LogP contribution in [0.2, 0.25) is 0 Å². The van der Waals surface area contributed by atoms with Crippen molar-refractivity contribution in [1.82, 2.24) is 10.3 Å². The molecule has 2 N–H and O–H groups in total. The summed E-state index contributed by atoms with van der Waals surface area (Å²) in [6.07, 6.45) is 2.14. The van der Waals surface area contributed by atoms with Crippen LogP contribution in [0.5, 0.6) is 5.75 Å². The van der Waals surface area contributed by atoms with E-state index in [4.69, 9.17) is 9.47 Å². The zero-order chi connectivity index (χ0) is 22.8. The second-order valence-electron chi connectivity index (χ2n) is 7.01. The minimum Gasteiger partial charge on any atom is -0.484 e. The number of aryl methyl sites for hydroxylation is 1. The van der Waals surface area contributed by atoms with Crippen LogP contribution < -0.4 is 15.5 Å². The minimum atomic E-state index is -0.867. The number of para-hydroxylation sites is 1. The Kier molecular flexibility index (Phi) is 8.33. The maximum atomic E-state index is 12.1. The van der Waals surface area contributed by atoms with Gasteiger partial charge in [-0.1, -0.05) is 25.1 Å². The lowest BCUT2D eigenvalue weighted by atomic mass is 10.1. The third kappa shape index (κ3) is 6.64. The summed E-state index contributed by atoms with van der Waals surface area (Å²) in [5.41, 5.74) is 4.43. The van der Waals surface area contributed by atoms with Gasteiger partial charge >= 0.3 is 11.8 Å². The molecule has 9 nitrogen and oxygen atoms in total. The van der Waals surface area contributed by atoms with Crippen molar-refractivity contribution in [2.45, 2.75) is 13.3 Å². The highest BCUT2D eigenvalue weighted by Gasteiger charge is 2.17. The van der Waals surface area contributed by atoms with Crippen molar-refractivity contribution in [2.24, 2.45) is 5.10 Å². The summed E-state index contributed by atoms with van der Waals surface area (Å²) in [4.78, 5) is 37.8. The number of hydrogen-bond acceptors (Lipinski definition) is 6. The van der Waals surface area contributed by atoms with Crippen LogP contribution in [0, 0.1) is 0 Å². The van der Waals surface area contributed by atoms with Gasteiger partial charge in [0.2, 0.25) is 0 Å². The van der Waals surface area contributed by atoms with Crippen LogP contribution in [0.3, 0.4) is 0 Å². The lowest BCUT2D eigenvalue weighted by molar-refractivity contribution is -0.137. The average Bonchev–Trinajstić information content (AvgIpc) is 2.84. The molecule has 3 rings (SSSR count). The molecule has 1 heterocycles. The molecular formula is C23H26N4O5. The number of nitrogens with zero attached hydrogens (tertiary/aromatic N) is 2. The molecule has 1 aliphatic heterocycles. The Hall–Kier alpha value is -3.72. The van der Waals surface area contributed by atoms with Crippen molar-refractivity contribution in [3.05, 3.63) is 59.7 Å². The number of ether oxygens (including phenoxy) is 2. The molecule has 9 heteroatoms. The average molecular weight is 438 g/mol. The second-order valence-corrected chi connectivity index (χ2v) is 7.01. The Bertz CT molecular complexity index is 969. The maximum Gasteiger partial charge on any atom is 0.329 e. The first-order chi connectivity index (χ1) is 15.6. The standard InChI is InChI=1S/C23H26N4O5/c1-2-18-5-3-4-6-20(18)25-22(29)23(30)26-24-15-17-7-9-19(10-8-17)32-16-21(28)27-11-13-31-14-12-27/h3-10,15H,2,11-14,16H2,1H3,(H,25,29)(H,26,30)/b24-15-. The fraction of sp³-hybridized carbons (Fsp3) is 0.304. The van der Waals surface area contributed by atoms with E-state index < -0.39 is 11.8 Å². The molecule has 1 saturated heterocycles. The number of carbonyl (C=O) groups excluding carboxylic acids is 3. The van der Waals surface area contributed by atoms with Gasteiger partial charge in [-0.15, -0.1) is 0 Å². The Morgan fingerprint density at radius 2 is 1.78 bits per heavy atom. The molecule has 1 fully saturated rings. The number of amides is 3. The molecule has 0 unspecified atom stereocenters. The summed E-state index contributed by atoms with van der Waals surface area (Å²) in [7, 11) is 0. The largest absolute Gasteiger partial charge is 0.484 e. The molecule has 0 aromatic heterocycles. The molecule has 0 saturated carbocycles. The second kappa shape index (κ2) is 11.6. The molecule has 0 radical (unpaired) electrons. The lowest BCUT2D eigenvalue weighted by Gasteiger charge is -2.26. The molecule has 1 aliphatic rings. The highest BCUT2D eigenvalue weighted by atomic mass is 16.5. The zero-order valence-electron chi connectivity index (χ0n) is 17.9. The minimum absolute atomic E-state index is 0.0419. The van der Waals surface area contributed by atoms with Gasteiger partial charge in [0.15, 0.2) is 6.61 Å². The molecule has 168 valence electrons. The fourth-order valence-electron chi connectivity index (χ4n) is 3.05. The molecule has 3 amide bonds. The van der Waals surface area contributed by atoms with Crippen LogP contribution in [-0.4, -0.2) is 61.7 Å². The van der Waals surface area contributed by atoms with E-state index in [0.29, 0.717) is 43.3 Å². The van der Waals surface area contributed by atoms with Gasteiger partial charge in [0.1, 0.15) is 5.75 Å². The molecule has 0 bridgehead atoms. The SMILES string of the molecule is CCc1ccccc1NC(=O)C(=O)N/N=C\c1ccc(OCC(=O)N2CCOCC2)cc1. The van der Waals surface area contributed by atoms with Gasteiger partial charge in [-0.2, -0.15) is 5.10 Å². The van der Waals surface area contributed by atoms with Gasteiger partial charge in [-0.05, 0) is 47.9 Å². The molecule has 2 aromatic carbocycles. The van der Waals surface area contributed by atoms with Crippen LogP contribution in [0.15, 0.2) is 53.6 Å². The van der Waals surface area contributed by atoms with E-state index in [0.717, 1.165) is 12.0 Å². The van der Waals surface area contributed by atoms with Gasteiger partial charge in [-0.3, -0.25) is 14.4 Å². The normalized spacial score (nSPS) is 13.6. The molecule has 0 spiro atoms. The quantitative estimate of drug-likeness (QED) is 0.388. The first-order valence-electron chi connectivity index (χ1n) is 10.4. The Balaban J connectivity index is 1.44. The van der Waals surface area contributed by atoms with Gasteiger partial charge in [0.05, 0.1) is 19.4 Å². The fourth-order valence-corrected chi connectivity index (χ4v) is 3.05. The van der Waals surface area contributed by atoms with Gasteiger partial charge in [0, 0.05) is 18.8 Å². The van der Waals surface area contributed by atoms with Gasteiger partial charge < -0.3 is 19.7 Å². The van der Waals surface area contributed by atoms with Crippen LogP contribution in [0.25, 0.3) is 0 Å². The van der Waals surface area contributed by atoms with Crippen LogP contribution in [-0.2, 0) is 25.5 Å². The maximum absolute atomic E-state index is 12.1. The third-order valence-electron chi connectivity index (χ3n) is 4.84. The van der Waals surface area contributed by atoms with Crippen molar-refractivity contribution in [3.63, 3.8) is 0 Å². The summed E-state index contributed by atoms with van der Waals surface area (Å²) in [5.74, 6) is -1.20. The highest BCUT2D eigenvalue weighted by Crippen LogP contribution is 2.15. The third-order valence-corrected chi connectivity index (χ3v) is 4.84. The predicted molar refractivity (Wildman–Crippen MR) is 120 cm³/mol. The molecule has 32 heavy (non-hydrogen) atoms. The summed E-state index contributed by atoms with van der Waals surface area (Å²) in [5, 5.41) is 6.40. The van der Waals surface area contributed by atoms with Gasteiger partial charge in [-0.25, -0.2) is 5.43 Å². The Morgan fingerprint density at radius 3 is 2.50 bits per heavy atom. The number of anilines is 1. The highest BCUT2D eigenvalue weighted by molar-refractivity contribution is 6.39. The number of carbonyl (C=O) groups is 3. The van der Waals surface area contributed by atoms with Crippen molar-refractivity contribution in [3.8, 4) is 5.75 Å². The first kappa shape index (κ1) is 23.0. The number of morpholine rings is 1. The number of nitrogens with one attached hydrogen (secondary N) is 2. The van der Waals surface area contributed by atoms with Crippen molar-refractivity contribution < 1.29 is 23.9 Å². The molecular weight excluding hydrogens is 412 g/mol. The van der Waals surface area contributed by atoms with Crippen molar-refractivity contribution in [1.29, 1.82) is 0 Å². The van der Waals surface area contributed by atoms with Crippen LogP contribution in [0.1, 0.15) is 18.1 Å². The number of rotatable bonds is 7. The Labute approximate surface area is 186 Å². The number of hydrogen-bond donors (Lipinski definition) is 2. The predicted octanol–water partition coefficient (Wildman–Crippen LogP) is 1.58. The van der Waals surface area contributed by atoms with E-state index in [9.17, 15) is 14.4 Å². The van der Waals surface area contributed by atoms with Crippen molar-refractivity contribution in [2.75, 3.05) is 38.2 Å². The number of hydrazone groups is 1. The summed E-state index contributed by atoms with van der Waals surface area (Å²) < 4.78 is 10.8. The van der Waals surface area contributed by atoms with E-state index in [1.54, 1.807) is 41.3 Å². The summed E-state index contributed by atoms with van der Waals surface area (Å²) in [6.45, 7) is 4.17. The van der Waals surface area contributed by atoms with Crippen molar-refractivity contribution >= 4 is 29.6 Å². The summed E-state index contributed by atoms with van der Waals surface area (Å²) in [6, 6.07) is 14.1. The van der Waals surface area contributed by atoms with E-state index in [2.05, 4.69) is 15.8 Å². The Morgan fingerprint density at radius 1 is 1.06 bits per heavy atom. The monoisotopic (exact) mass is 438 g/mol.